The lowest BCUT2D eigenvalue weighted by Gasteiger charge is -2.43. The Kier molecular flexibility index (Phi) is 10.9. The van der Waals surface area contributed by atoms with Crippen LogP contribution < -0.4 is 5.73 Å². The highest BCUT2D eigenvalue weighted by atomic mass is 32.2. The Balaban J connectivity index is 2.73. The summed E-state index contributed by atoms with van der Waals surface area (Å²) in [5.41, 5.74) is 3.96. The van der Waals surface area contributed by atoms with Crippen molar-refractivity contribution in [3.05, 3.63) is 58.7 Å². The maximum atomic E-state index is 13.9. The van der Waals surface area contributed by atoms with Crippen LogP contribution in [0.5, 0.6) is 0 Å². The summed E-state index contributed by atoms with van der Waals surface area (Å²) in [6, 6.07) is 2.39. The van der Waals surface area contributed by atoms with Crippen molar-refractivity contribution in [2.75, 3.05) is 19.8 Å². The molecule has 0 fully saturated rings. The molecular weight excluding hydrogens is 584 g/mol. The van der Waals surface area contributed by atoms with Crippen molar-refractivity contribution in [2.24, 2.45) is 5.73 Å². The molecule has 1 aromatic rings. The van der Waals surface area contributed by atoms with Crippen molar-refractivity contribution >= 4 is 36.0 Å². The summed E-state index contributed by atoms with van der Waals surface area (Å²) in [6.07, 6.45) is 1.84. The zero-order valence-electron chi connectivity index (χ0n) is 25.4. The Bertz CT molecular complexity index is 1330. The minimum Gasteiger partial charge on any atom is -0.444 e. The normalized spacial score (nSPS) is 18.4. The summed E-state index contributed by atoms with van der Waals surface area (Å²) in [5.74, 6) is -0.967. The molecule has 0 spiro atoms. The van der Waals surface area contributed by atoms with Crippen LogP contribution in [0.1, 0.15) is 41.5 Å². The number of nitrogens with two attached hydrogens (primary N) is 1. The monoisotopic (exact) mass is 626 g/mol. The summed E-state index contributed by atoms with van der Waals surface area (Å²) < 4.78 is 40.3. The first kappa shape index (κ1) is 35.1. The minimum absolute atomic E-state index is 0.0103. The van der Waals surface area contributed by atoms with Gasteiger partial charge in [-0.25, -0.2) is 13.2 Å². The first-order chi connectivity index (χ1) is 19.1. The number of primary amides is 1. The predicted molar refractivity (Wildman–Crippen MR) is 159 cm³/mol. The van der Waals surface area contributed by atoms with Gasteiger partial charge in [0.05, 0.1) is 30.2 Å². The quantitative estimate of drug-likeness (QED) is 0.164. The number of hydrogen-bond acceptors (Lipinski definition) is 9. The number of hydrogen-bond donors (Lipinski definition) is 1. The maximum Gasteiger partial charge on any atom is 0.410 e. The van der Waals surface area contributed by atoms with Crippen molar-refractivity contribution in [3.63, 3.8) is 0 Å². The number of nitro groups is 1. The highest BCUT2D eigenvalue weighted by Crippen LogP contribution is 2.37. The van der Waals surface area contributed by atoms with Gasteiger partial charge in [0.2, 0.25) is 5.91 Å². The van der Waals surface area contributed by atoms with Crippen LogP contribution in [0.4, 0.5) is 10.5 Å². The number of ether oxygens (including phenoxy) is 1. The molecule has 0 saturated carbocycles. The molecule has 2 N–H and O–H groups in total. The molecule has 0 saturated heterocycles. The zero-order valence-corrected chi connectivity index (χ0v) is 27.3. The number of nitro benzene ring substituents is 1. The van der Waals surface area contributed by atoms with Gasteiger partial charge in [0, 0.05) is 18.2 Å². The fourth-order valence-electron chi connectivity index (χ4n) is 3.81. The van der Waals surface area contributed by atoms with Gasteiger partial charge in [-0.05, 0) is 51.0 Å². The first-order valence-corrected chi connectivity index (χ1v) is 17.7. The van der Waals surface area contributed by atoms with E-state index >= 15 is 0 Å². The van der Waals surface area contributed by atoms with E-state index in [9.17, 15) is 28.1 Å². The molecule has 13 nitrogen and oxygen atoms in total. The molecule has 1 heterocycles. The number of nitrogens with zero attached hydrogens (tertiary/aromatic N) is 3. The molecule has 2 amide bonds. The number of para-hydroxylation sites is 1. The van der Waals surface area contributed by atoms with Crippen molar-refractivity contribution in [1.82, 2.24) is 9.37 Å². The Hall–Kier alpha value is -3.11. The maximum absolute atomic E-state index is 13.9. The molecule has 234 valence electrons. The smallest absolute Gasteiger partial charge is 0.410 e. The number of carbonyl (C=O) groups is 2. The van der Waals surface area contributed by atoms with E-state index < -0.39 is 70.1 Å². The van der Waals surface area contributed by atoms with Gasteiger partial charge in [0.25, 0.3) is 15.7 Å². The standard InChI is InChI=1S/C27H42N4O9SSi/c1-10-15-38-31(41(36,37)23-14-12-11-13-21(23)30(34)35)22-17-29(25(33)40-26(2,3)4)19(16-20(22)24(28)32)18-39-42(8,9)27(5,6)7/h10-14,16,19,22H,1,15,17-18H2,2-9H3,(H2,28,32). The fraction of sp³-hybridized carbons (Fsp3) is 0.556. The third-order valence-corrected chi connectivity index (χ3v) is 13.2. The molecule has 2 unspecified atom stereocenters. The molecule has 2 rings (SSSR count). The van der Waals surface area contributed by atoms with Crippen molar-refractivity contribution in [1.29, 1.82) is 0 Å². The molecule has 2 atom stereocenters. The Morgan fingerprint density at radius 2 is 1.81 bits per heavy atom. The van der Waals surface area contributed by atoms with Crippen LogP contribution in [-0.2, 0) is 28.8 Å². The van der Waals surface area contributed by atoms with Gasteiger partial charge in [-0.3, -0.25) is 24.6 Å². The van der Waals surface area contributed by atoms with Gasteiger partial charge in [0.15, 0.2) is 13.2 Å². The second kappa shape index (κ2) is 13.0. The average molecular weight is 627 g/mol. The molecule has 42 heavy (non-hydrogen) atoms. The lowest BCUT2D eigenvalue weighted by atomic mass is 9.98. The van der Waals surface area contributed by atoms with E-state index in [1.165, 1.54) is 29.2 Å². The van der Waals surface area contributed by atoms with Crippen LogP contribution in [0, 0.1) is 10.1 Å². The third-order valence-electron chi connectivity index (χ3n) is 6.99. The highest BCUT2D eigenvalue weighted by Gasteiger charge is 2.46. The number of amides is 2. The van der Waals surface area contributed by atoms with Crippen LogP contribution >= 0.6 is 0 Å². The number of rotatable bonds is 11. The summed E-state index contributed by atoms with van der Waals surface area (Å²) in [7, 11) is -7.13. The Morgan fingerprint density at radius 3 is 2.31 bits per heavy atom. The van der Waals surface area contributed by atoms with E-state index in [1.807, 2.05) is 13.1 Å². The van der Waals surface area contributed by atoms with Gasteiger partial charge >= 0.3 is 6.09 Å². The molecular formula is C27H42N4O9SSi. The predicted octanol–water partition coefficient (Wildman–Crippen LogP) is 4.12. The lowest BCUT2D eigenvalue weighted by molar-refractivity contribution is -0.388. The summed E-state index contributed by atoms with van der Waals surface area (Å²) in [5, 5.41) is 11.5. The SMILES string of the molecule is C=CCON(C1CN(C(=O)OC(C)(C)C)C(CO[Si](C)(C)C(C)(C)C)C=C1C(N)=O)S(=O)(=O)c1ccccc1[N+](=O)[O-]. The van der Waals surface area contributed by atoms with E-state index in [-0.39, 0.29) is 23.8 Å². The lowest BCUT2D eigenvalue weighted by Crippen LogP contribution is -2.58. The molecule has 1 aromatic carbocycles. The van der Waals surface area contributed by atoms with Crippen molar-refractivity contribution in [2.45, 2.75) is 82.3 Å². The summed E-state index contributed by atoms with van der Waals surface area (Å²) in [4.78, 5) is 43.2. The van der Waals surface area contributed by atoms with E-state index in [0.717, 1.165) is 12.1 Å². The van der Waals surface area contributed by atoms with Crippen LogP contribution in [0.2, 0.25) is 18.1 Å². The minimum atomic E-state index is -4.80. The molecule has 1 aliphatic rings. The second-order valence-corrected chi connectivity index (χ2v) is 18.9. The Morgan fingerprint density at radius 1 is 1.21 bits per heavy atom. The number of sulfonamides is 1. The van der Waals surface area contributed by atoms with Crippen molar-refractivity contribution in [3.8, 4) is 0 Å². The average Bonchev–Trinajstić information content (AvgIpc) is 2.85. The van der Waals surface area contributed by atoms with E-state index in [1.54, 1.807) is 20.8 Å². The third kappa shape index (κ3) is 8.25. The van der Waals surface area contributed by atoms with Gasteiger partial charge < -0.3 is 14.9 Å². The molecule has 0 bridgehead atoms. The fourth-order valence-corrected chi connectivity index (χ4v) is 6.40. The number of benzene rings is 1. The van der Waals surface area contributed by atoms with Crippen LogP contribution in [-0.4, -0.2) is 80.5 Å². The number of hydroxylamine groups is 1. The molecule has 0 aromatic heterocycles. The van der Waals surface area contributed by atoms with E-state index in [0.29, 0.717) is 4.47 Å². The first-order valence-electron chi connectivity index (χ1n) is 13.3. The summed E-state index contributed by atoms with van der Waals surface area (Å²) in [6.45, 7) is 18.0. The highest BCUT2D eigenvalue weighted by molar-refractivity contribution is 7.89. The zero-order chi connectivity index (χ0) is 32.3. The molecule has 15 heteroatoms. The Labute approximate surface area is 248 Å². The van der Waals surface area contributed by atoms with E-state index in [2.05, 4.69) is 27.4 Å². The molecule has 1 aliphatic heterocycles. The molecule has 0 radical (unpaired) electrons. The van der Waals surface area contributed by atoms with Crippen LogP contribution in [0.25, 0.3) is 0 Å². The van der Waals surface area contributed by atoms with Gasteiger partial charge in [0.1, 0.15) is 5.60 Å². The van der Waals surface area contributed by atoms with Crippen molar-refractivity contribution < 1.29 is 36.9 Å². The number of carbonyl (C=O) groups excluding carboxylic acids is 2. The largest absolute Gasteiger partial charge is 0.444 e. The summed E-state index contributed by atoms with van der Waals surface area (Å²) >= 11 is 0. The van der Waals surface area contributed by atoms with Gasteiger partial charge in [-0.1, -0.05) is 43.4 Å². The van der Waals surface area contributed by atoms with E-state index in [4.69, 9.17) is 19.7 Å². The van der Waals surface area contributed by atoms with Crippen LogP contribution in [0.3, 0.4) is 0 Å². The molecule has 0 aliphatic carbocycles. The topological polar surface area (TPSA) is 172 Å². The van der Waals surface area contributed by atoms with Crippen LogP contribution in [0.15, 0.2) is 53.5 Å². The van der Waals surface area contributed by atoms with Gasteiger partial charge in [-0.2, -0.15) is 0 Å². The second-order valence-electron chi connectivity index (χ2n) is 12.3. The van der Waals surface area contributed by atoms with Gasteiger partial charge in [-0.15, -0.1) is 6.58 Å².